The summed E-state index contributed by atoms with van der Waals surface area (Å²) in [6.07, 6.45) is 0. The fourth-order valence-corrected chi connectivity index (χ4v) is 2.79. The molecule has 1 N–H and O–H groups in total. The normalized spacial score (nSPS) is 14.1. The Morgan fingerprint density at radius 3 is 2.58 bits per heavy atom. The first-order valence-corrected chi connectivity index (χ1v) is 7.12. The van der Waals surface area contributed by atoms with Crippen LogP contribution < -0.4 is 10.1 Å². The molecule has 2 rings (SSSR count). The highest BCUT2D eigenvalue weighted by Crippen LogP contribution is 2.25. The van der Waals surface area contributed by atoms with Crippen molar-refractivity contribution in [1.82, 2.24) is 5.32 Å². The molecule has 2 aromatic rings. The standard InChI is InChI=1S/C15H18FNOS/c1-10(17-11(2)15-5-4-8-19-15)12-6-7-14(18-3)13(16)9-12/h4-11,17H,1-3H3/t10?,11-/m1/s1. The predicted octanol–water partition coefficient (Wildman–Crippen LogP) is 4.31. The van der Waals surface area contributed by atoms with Crippen LogP contribution in [0, 0.1) is 5.82 Å². The lowest BCUT2D eigenvalue weighted by atomic mass is 10.1. The van der Waals surface area contributed by atoms with E-state index in [0.717, 1.165) is 5.56 Å². The molecule has 2 nitrogen and oxygen atoms in total. The summed E-state index contributed by atoms with van der Waals surface area (Å²) in [5.41, 5.74) is 0.918. The Bertz CT molecular complexity index is 527. The van der Waals surface area contributed by atoms with Crippen molar-refractivity contribution >= 4 is 11.3 Å². The number of thiophene rings is 1. The third-order valence-electron chi connectivity index (χ3n) is 3.15. The second-order valence-electron chi connectivity index (χ2n) is 4.52. The quantitative estimate of drug-likeness (QED) is 0.880. The third kappa shape index (κ3) is 3.33. The van der Waals surface area contributed by atoms with Gasteiger partial charge < -0.3 is 10.1 Å². The highest BCUT2D eigenvalue weighted by Gasteiger charge is 2.13. The van der Waals surface area contributed by atoms with E-state index in [0.29, 0.717) is 0 Å². The maximum Gasteiger partial charge on any atom is 0.165 e. The zero-order valence-electron chi connectivity index (χ0n) is 11.3. The van der Waals surface area contributed by atoms with E-state index in [1.165, 1.54) is 18.1 Å². The molecule has 0 fully saturated rings. The lowest BCUT2D eigenvalue weighted by Crippen LogP contribution is -2.21. The molecule has 4 heteroatoms. The Hall–Kier alpha value is -1.39. The molecule has 0 saturated carbocycles. The highest BCUT2D eigenvalue weighted by molar-refractivity contribution is 7.10. The zero-order valence-corrected chi connectivity index (χ0v) is 12.1. The number of methoxy groups -OCH3 is 1. The van der Waals surface area contributed by atoms with Crippen LogP contribution in [-0.2, 0) is 0 Å². The molecule has 0 bridgehead atoms. The van der Waals surface area contributed by atoms with Gasteiger partial charge in [-0.15, -0.1) is 11.3 Å². The highest BCUT2D eigenvalue weighted by atomic mass is 32.1. The van der Waals surface area contributed by atoms with E-state index >= 15 is 0 Å². The smallest absolute Gasteiger partial charge is 0.165 e. The van der Waals surface area contributed by atoms with Gasteiger partial charge in [0.1, 0.15) is 0 Å². The molecule has 1 unspecified atom stereocenters. The summed E-state index contributed by atoms with van der Waals surface area (Å²) in [6.45, 7) is 4.15. The minimum atomic E-state index is -0.322. The number of hydrogen-bond donors (Lipinski definition) is 1. The molecular formula is C15H18FNOS. The van der Waals surface area contributed by atoms with Crippen molar-refractivity contribution in [2.45, 2.75) is 25.9 Å². The Labute approximate surface area is 117 Å². The van der Waals surface area contributed by atoms with Gasteiger partial charge in [-0.1, -0.05) is 12.1 Å². The summed E-state index contributed by atoms with van der Waals surface area (Å²) < 4.78 is 18.6. The summed E-state index contributed by atoms with van der Waals surface area (Å²) in [5, 5.41) is 5.53. The van der Waals surface area contributed by atoms with E-state index in [4.69, 9.17) is 4.74 Å². The van der Waals surface area contributed by atoms with Crippen molar-refractivity contribution in [2.75, 3.05) is 7.11 Å². The molecule has 0 aliphatic rings. The fourth-order valence-electron chi connectivity index (χ4n) is 2.04. The van der Waals surface area contributed by atoms with Crippen molar-refractivity contribution in [3.05, 3.63) is 52.0 Å². The van der Waals surface area contributed by atoms with Gasteiger partial charge in [0.05, 0.1) is 7.11 Å². The molecule has 19 heavy (non-hydrogen) atoms. The maximum absolute atomic E-state index is 13.7. The molecule has 0 amide bonds. The molecule has 0 spiro atoms. The molecule has 0 aliphatic carbocycles. The van der Waals surface area contributed by atoms with Crippen molar-refractivity contribution in [3.8, 4) is 5.75 Å². The van der Waals surface area contributed by atoms with Gasteiger partial charge in [0.2, 0.25) is 0 Å². The van der Waals surface area contributed by atoms with Crippen LogP contribution in [0.5, 0.6) is 5.75 Å². The molecule has 1 heterocycles. The van der Waals surface area contributed by atoms with E-state index < -0.39 is 0 Å². The molecule has 2 atom stereocenters. The number of benzene rings is 1. The predicted molar refractivity (Wildman–Crippen MR) is 77.2 cm³/mol. The van der Waals surface area contributed by atoms with Gasteiger partial charge in [-0.25, -0.2) is 4.39 Å². The largest absolute Gasteiger partial charge is 0.494 e. The van der Waals surface area contributed by atoms with Gasteiger partial charge >= 0.3 is 0 Å². The van der Waals surface area contributed by atoms with E-state index in [1.807, 2.05) is 19.1 Å². The van der Waals surface area contributed by atoms with Crippen LogP contribution in [0.2, 0.25) is 0 Å². The third-order valence-corrected chi connectivity index (χ3v) is 4.20. The van der Waals surface area contributed by atoms with Crippen LogP contribution in [0.25, 0.3) is 0 Å². The molecule has 0 saturated heterocycles. The van der Waals surface area contributed by atoms with Crippen molar-refractivity contribution in [3.63, 3.8) is 0 Å². The van der Waals surface area contributed by atoms with Gasteiger partial charge in [-0.2, -0.15) is 0 Å². The lowest BCUT2D eigenvalue weighted by molar-refractivity contribution is 0.385. The average molecular weight is 279 g/mol. The van der Waals surface area contributed by atoms with Crippen molar-refractivity contribution < 1.29 is 9.13 Å². The summed E-state index contributed by atoms with van der Waals surface area (Å²) in [6, 6.07) is 9.55. The van der Waals surface area contributed by atoms with Crippen molar-refractivity contribution in [2.24, 2.45) is 0 Å². The average Bonchev–Trinajstić information content (AvgIpc) is 2.92. The van der Waals surface area contributed by atoms with E-state index in [9.17, 15) is 4.39 Å². The number of rotatable bonds is 5. The SMILES string of the molecule is COc1ccc(C(C)N[C@H](C)c2cccs2)cc1F. The van der Waals surface area contributed by atoms with Gasteiger partial charge in [0, 0.05) is 17.0 Å². The minimum Gasteiger partial charge on any atom is -0.494 e. The molecule has 1 aromatic carbocycles. The van der Waals surface area contributed by atoms with E-state index in [1.54, 1.807) is 17.4 Å². The van der Waals surface area contributed by atoms with Gasteiger partial charge in [0.25, 0.3) is 0 Å². The van der Waals surface area contributed by atoms with E-state index in [-0.39, 0.29) is 23.7 Å². The van der Waals surface area contributed by atoms with Crippen LogP contribution >= 0.6 is 11.3 Å². The van der Waals surface area contributed by atoms with Crippen LogP contribution in [0.15, 0.2) is 35.7 Å². The Balaban J connectivity index is 2.07. The van der Waals surface area contributed by atoms with Gasteiger partial charge in [0.15, 0.2) is 11.6 Å². The van der Waals surface area contributed by atoms with Crippen LogP contribution in [0.3, 0.4) is 0 Å². The molecule has 0 radical (unpaired) electrons. The second kappa shape index (κ2) is 6.17. The number of hydrogen-bond acceptors (Lipinski definition) is 3. The molecular weight excluding hydrogens is 261 g/mol. The van der Waals surface area contributed by atoms with Crippen LogP contribution in [0.1, 0.15) is 36.4 Å². The molecule has 102 valence electrons. The summed E-state index contributed by atoms with van der Waals surface area (Å²) in [7, 11) is 1.47. The first kappa shape index (κ1) is 14.0. The maximum atomic E-state index is 13.7. The Kier molecular flexibility index (Phi) is 4.56. The lowest BCUT2D eigenvalue weighted by Gasteiger charge is -2.20. The first-order chi connectivity index (χ1) is 9.11. The molecule has 0 aliphatic heterocycles. The van der Waals surface area contributed by atoms with Crippen molar-refractivity contribution in [1.29, 1.82) is 0 Å². The van der Waals surface area contributed by atoms with E-state index in [2.05, 4.69) is 23.7 Å². The molecule has 1 aromatic heterocycles. The monoisotopic (exact) mass is 279 g/mol. The van der Waals surface area contributed by atoms with Gasteiger partial charge in [-0.3, -0.25) is 0 Å². The number of ether oxygens (including phenoxy) is 1. The Morgan fingerprint density at radius 1 is 1.21 bits per heavy atom. The minimum absolute atomic E-state index is 0.0810. The number of nitrogens with one attached hydrogen (secondary N) is 1. The van der Waals surface area contributed by atoms with Gasteiger partial charge in [-0.05, 0) is 43.0 Å². The topological polar surface area (TPSA) is 21.3 Å². The zero-order chi connectivity index (χ0) is 13.8. The summed E-state index contributed by atoms with van der Waals surface area (Å²) in [5.74, 6) is -0.0420. The van der Waals surface area contributed by atoms with Crippen LogP contribution in [0.4, 0.5) is 4.39 Å². The summed E-state index contributed by atoms with van der Waals surface area (Å²) >= 11 is 1.72. The fraction of sp³-hybridized carbons (Fsp3) is 0.333. The van der Waals surface area contributed by atoms with Crippen LogP contribution in [-0.4, -0.2) is 7.11 Å². The Morgan fingerprint density at radius 2 is 2.00 bits per heavy atom. The second-order valence-corrected chi connectivity index (χ2v) is 5.50. The first-order valence-electron chi connectivity index (χ1n) is 6.24. The number of halogens is 1. The summed E-state index contributed by atoms with van der Waals surface area (Å²) in [4.78, 5) is 1.28.